The highest BCUT2D eigenvalue weighted by Gasteiger charge is 2.15. The molecule has 0 unspecified atom stereocenters. The van der Waals surface area contributed by atoms with Crippen molar-refractivity contribution in [2.75, 3.05) is 17.2 Å². The van der Waals surface area contributed by atoms with Gasteiger partial charge in [-0.2, -0.15) is 5.26 Å². The van der Waals surface area contributed by atoms with Crippen LogP contribution < -0.4 is 21.3 Å². The first-order valence-corrected chi connectivity index (χ1v) is 11.8. The molecule has 0 radical (unpaired) electrons. The van der Waals surface area contributed by atoms with Gasteiger partial charge in [0.15, 0.2) is 0 Å². The van der Waals surface area contributed by atoms with E-state index in [4.69, 9.17) is 5.26 Å². The van der Waals surface area contributed by atoms with Gasteiger partial charge in [0.25, 0.3) is 0 Å². The van der Waals surface area contributed by atoms with Crippen molar-refractivity contribution in [2.24, 2.45) is 4.99 Å². The molecule has 0 saturated heterocycles. The van der Waals surface area contributed by atoms with Crippen molar-refractivity contribution in [2.45, 2.75) is 64.1 Å². The van der Waals surface area contributed by atoms with Crippen LogP contribution in [0.25, 0.3) is 0 Å². The van der Waals surface area contributed by atoms with Crippen LogP contribution in [0.1, 0.15) is 57.1 Å². The van der Waals surface area contributed by atoms with E-state index in [1.54, 1.807) is 38.1 Å². The zero-order valence-electron chi connectivity index (χ0n) is 19.9. The van der Waals surface area contributed by atoms with Crippen molar-refractivity contribution in [3.05, 3.63) is 53.6 Å². The van der Waals surface area contributed by atoms with Crippen LogP contribution in [0.2, 0.25) is 0 Å². The molecule has 180 valence electrons. The van der Waals surface area contributed by atoms with E-state index >= 15 is 0 Å². The van der Waals surface area contributed by atoms with Gasteiger partial charge in [-0.15, -0.1) is 0 Å². The molecule has 8 heteroatoms. The van der Waals surface area contributed by atoms with E-state index in [0.717, 1.165) is 17.8 Å². The first-order valence-electron chi connectivity index (χ1n) is 11.8. The maximum atomic E-state index is 12.2. The lowest BCUT2D eigenvalue weighted by Gasteiger charge is -2.23. The zero-order chi connectivity index (χ0) is 24.4. The lowest BCUT2D eigenvalue weighted by molar-refractivity contribution is 0.0945. The number of aliphatic hydroxyl groups is 1. The standard InChI is InChI=1S/C26H34N6O2/c1-26(2,34)17-29-23-13-10-20(16-28-21-6-4-3-5-7-21)14-24(23)30-18-31-25(33)32-22-11-8-19(15-27)9-12-22/h8-14,18,21,28-29,34H,3-7,16-17H2,1-2H3,(H2,30,31,32,33). The molecule has 2 amide bonds. The molecule has 8 nitrogen and oxygen atoms in total. The molecule has 1 aliphatic carbocycles. The molecule has 0 atom stereocenters. The predicted molar refractivity (Wildman–Crippen MR) is 136 cm³/mol. The number of benzene rings is 2. The zero-order valence-corrected chi connectivity index (χ0v) is 19.9. The number of hydrogen-bond acceptors (Lipinski definition) is 6. The Labute approximate surface area is 201 Å². The second kappa shape index (κ2) is 12.2. The highest BCUT2D eigenvalue weighted by atomic mass is 16.3. The fraction of sp³-hybridized carbons (Fsp3) is 0.423. The van der Waals surface area contributed by atoms with Crippen molar-refractivity contribution in [3.8, 4) is 6.07 Å². The molecule has 0 heterocycles. The van der Waals surface area contributed by atoms with Gasteiger partial charge in [0.2, 0.25) is 0 Å². The van der Waals surface area contributed by atoms with E-state index in [1.807, 2.05) is 24.3 Å². The SMILES string of the molecule is CC(C)(O)CNc1ccc(CNC2CCCCC2)cc1N=CNC(=O)Nc1ccc(C#N)cc1. The Balaban J connectivity index is 1.64. The molecule has 2 aromatic carbocycles. The molecule has 3 rings (SSSR count). The quantitative estimate of drug-likeness (QED) is 0.274. The molecule has 1 aliphatic rings. The molecule has 0 spiro atoms. The van der Waals surface area contributed by atoms with Gasteiger partial charge in [0.05, 0.1) is 34.9 Å². The molecular formula is C26H34N6O2. The van der Waals surface area contributed by atoms with E-state index in [2.05, 4.69) is 26.3 Å². The third kappa shape index (κ3) is 8.50. The summed E-state index contributed by atoms with van der Waals surface area (Å²) in [4.78, 5) is 16.7. The number of carbonyl (C=O) groups excluding carboxylic acids is 1. The smallest absolute Gasteiger partial charge is 0.324 e. The number of aliphatic imine (C=N–C) groups is 1. The van der Waals surface area contributed by atoms with E-state index in [9.17, 15) is 9.90 Å². The minimum absolute atomic E-state index is 0.363. The average molecular weight is 463 g/mol. The van der Waals surface area contributed by atoms with Crippen LogP contribution in [0, 0.1) is 11.3 Å². The Morgan fingerprint density at radius 3 is 2.59 bits per heavy atom. The summed E-state index contributed by atoms with van der Waals surface area (Å²) < 4.78 is 0. The van der Waals surface area contributed by atoms with Crippen LogP contribution in [0.3, 0.4) is 0 Å². The van der Waals surface area contributed by atoms with Crippen LogP contribution in [-0.2, 0) is 6.54 Å². The first-order chi connectivity index (χ1) is 16.3. The molecule has 2 aromatic rings. The monoisotopic (exact) mass is 462 g/mol. The predicted octanol–water partition coefficient (Wildman–Crippen LogP) is 4.64. The van der Waals surface area contributed by atoms with E-state index in [-0.39, 0.29) is 0 Å². The Morgan fingerprint density at radius 1 is 1.18 bits per heavy atom. The van der Waals surface area contributed by atoms with Gasteiger partial charge in [-0.3, -0.25) is 5.32 Å². The summed E-state index contributed by atoms with van der Waals surface area (Å²) in [6, 6.07) is 14.7. The van der Waals surface area contributed by atoms with Gasteiger partial charge in [0.1, 0.15) is 0 Å². The minimum Gasteiger partial charge on any atom is -0.389 e. The van der Waals surface area contributed by atoms with Crippen LogP contribution >= 0.6 is 0 Å². The maximum Gasteiger partial charge on any atom is 0.324 e. The topological polar surface area (TPSA) is 122 Å². The van der Waals surface area contributed by atoms with Crippen molar-refractivity contribution < 1.29 is 9.90 Å². The number of nitrogens with zero attached hydrogens (tertiary/aromatic N) is 2. The van der Waals surface area contributed by atoms with Crippen molar-refractivity contribution in [1.29, 1.82) is 5.26 Å². The van der Waals surface area contributed by atoms with Gasteiger partial charge >= 0.3 is 6.03 Å². The second-order valence-corrected chi connectivity index (χ2v) is 9.28. The minimum atomic E-state index is -0.874. The van der Waals surface area contributed by atoms with Crippen LogP contribution in [-0.4, -0.2) is 35.7 Å². The highest BCUT2D eigenvalue weighted by Crippen LogP contribution is 2.27. The van der Waals surface area contributed by atoms with Crippen molar-refractivity contribution >= 4 is 29.4 Å². The largest absolute Gasteiger partial charge is 0.389 e. The summed E-state index contributed by atoms with van der Waals surface area (Å²) in [5, 5.41) is 31.1. The maximum absolute atomic E-state index is 12.2. The molecule has 0 aliphatic heterocycles. The number of anilines is 2. The summed E-state index contributed by atoms with van der Waals surface area (Å²) in [7, 11) is 0. The number of hydrogen-bond donors (Lipinski definition) is 5. The summed E-state index contributed by atoms with van der Waals surface area (Å²) in [6.45, 7) is 4.59. The van der Waals surface area contributed by atoms with Gasteiger partial charge in [-0.05, 0) is 68.7 Å². The normalized spacial score (nSPS) is 14.5. The number of rotatable bonds is 9. The third-order valence-corrected chi connectivity index (χ3v) is 5.64. The van der Waals surface area contributed by atoms with E-state index in [0.29, 0.717) is 29.5 Å². The van der Waals surface area contributed by atoms with Gasteiger partial charge < -0.3 is 21.1 Å². The number of amides is 2. The Kier molecular flexibility index (Phi) is 9.02. The van der Waals surface area contributed by atoms with Crippen LogP contribution in [0.4, 0.5) is 21.9 Å². The molecule has 0 bridgehead atoms. The fourth-order valence-corrected chi connectivity index (χ4v) is 3.78. The summed E-state index contributed by atoms with van der Waals surface area (Å²) in [5.74, 6) is 0. The molecular weight excluding hydrogens is 428 g/mol. The van der Waals surface area contributed by atoms with E-state index in [1.165, 1.54) is 38.4 Å². The Morgan fingerprint density at radius 2 is 1.91 bits per heavy atom. The molecule has 0 aromatic heterocycles. The summed E-state index contributed by atoms with van der Waals surface area (Å²) >= 11 is 0. The summed E-state index contributed by atoms with van der Waals surface area (Å²) in [5.41, 5.74) is 2.78. The third-order valence-electron chi connectivity index (χ3n) is 5.64. The van der Waals surface area contributed by atoms with Gasteiger partial charge in [-0.25, -0.2) is 9.79 Å². The number of urea groups is 1. The molecule has 34 heavy (non-hydrogen) atoms. The van der Waals surface area contributed by atoms with Crippen LogP contribution in [0.15, 0.2) is 47.5 Å². The average Bonchev–Trinajstić information content (AvgIpc) is 2.82. The van der Waals surface area contributed by atoms with Crippen molar-refractivity contribution in [3.63, 3.8) is 0 Å². The molecule has 5 N–H and O–H groups in total. The lowest BCUT2D eigenvalue weighted by Crippen LogP contribution is -2.30. The van der Waals surface area contributed by atoms with Crippen molar-refractivity contribution in [1.82, 2.24) is 10.6 Å². The molecule has 1 saturated carbocycles. The Bertz CT molecular complexity index is 1020. The second-order valence-electron chi connectivity index (χ2n) is 9.28. The fourth-order valence-electron chi connectivity index (χ4n) is 3.78. The highest BCUT2D eigenvalue weighted by molar-refractivity contribution is 5.96. The number of nitriles is 1. The lowest BCUT2D eigenvalue weighted by atomic mass is 9.95. The summed E-state index contributed by atoms with van der Waals surface area (Å²) in [6.07, 6.45) is 7.67. The number of carbonyl (C=O) groups is 1. The van der Waals surface area contributed by atoms with Crippen LogP contribution in [0.5, 0.6) is 0 Å². The van der Waals surface area contributed by atoms with Gasteiger partial charge in [-0.1, -0.05) is 25.3 Å². The first kappa shape index (κ1) is 25.2. The van der Waals surface area contributed by atoms with E-state index < -0.39 is 11.6 Å². The number of nitrogens with one attached hydrogen (secondary N) is 4. The Hall–Kier alpha value is -3.41. The molecule has 1 fully saturated rings. The van der Waals surface area contributed by atoms with Gasteiger partial charge in [0, 0.05) is 24.8 Å².